The Labute approximate surface area is 82.2 Å². The van der Waals surface area contributed by atoms with Gasteiger partial charge in [0.1, 0.15) is 9.63 Å². The fourth-order valence-corrected chi connectivity index (χ4v) is 1.35. The molecule has 0 saturated heterocycles. The Hall–Kier alpha value is -0.550. The van der Waals surface area contributed by atoms with Gasteiger partial charge in [0.05, 0.1) is 7.11 Å². The molecule has 4 nitrogen and oxygen atoms in total. The van der Waals surface area contributed by atoms with Crippen molar-refractivity contribution < 1.29 is 4.74 Å². The second kappa shape index (κ2) is 3.45. The molecule has 0 amide bonds. The van der Waals surface area contributed by atoms with Gasteiger partial charge >= 0.3 is 5.56 Å². The molecule has 0 bridgehead atoms. The fourth-order valence-electron chi connectivity index (χ4n) is 0.732. The fraction of sp³-hybridized carbons (Fsp3) is 0.333. The summed E-state index contributed by atoms with van der Waals surface area (Å²) < 4.78 is 6.34. The Morgan fingerprint density at radius 1 is 1.67 bits per heavy atom. The van der Waals surface area contributed by atoms with Crippen molar-refractivity contribution >= 4 is 27.5 Å². The highest BCUT2D eigenvalue weighted by Crippen LogP contribution is 2.25. The van der Waals surface area contributed by atoms with Gasteiger partial charge in [0, 0.05) is 7.05 Å². The third kappa shape index (κ3) is 1.47. The molecule has 0 atom stereocenters. The van der Waals surface area contributed by atoms with Gasteiger partial charge in [-0.1, -0.05) is 11.6 Å². The lowest BCUT2D eigenvalue weighted by molar-refractivity contribution is 0.400. The van der Waals surface area contributed by atoms with Crippen molar-refractivity contribution in [2.24, 2.45) is 7.05 Å². The van der Waals surface area contributed by atoms with Crippen LogP contribution in [0.25, 0.3) is 0 Å². The Kier molecular flexibility index (Phi) is 2.74. The Morgan fingerprint density at radius 3 is 2.75 bits per heavy atom. The van der Waals surface area contributed by atoms with E-state index in [1.54, 1.807) is 0 Å². The number of aromatic nitrogens is 2. The van der Waals surface area contributed by atoms with Crippen molar-refractivity contribution in [3.05, 3.63) is 20.0 Å². The van der Waals surface area contributed by atoms with Crippen LogP contribution in [0.4, 0.5) is 0 Å². The first kappa shape index (κ1) is 9.54. The summed E-state index contributed by atoms with van der Waals surface area (Å²) in [5.74, 6) is 0.0982. The monoisotopic (exact) mass is 252 g/mol. The van der Waals surface area contributed by atoms with Gasteiger partial charge in [0.15, 0.2) is 0 Å². The van der Waals surface area contributed by atoms with E-state index in [4.69, 9.17) is 16.3 Å². The van der Waals surface area contributed by atoms with Gasteiger partial charge in [0.2, 0.25) is 5.75 Å². The Morgan fingerprint density at radius 2 is 2.25 bits per heavy atom. The first-order valence-electron chi connectivity index (χ1n) is 3.04. The van der Waals surface area contributed by atoms with Crippen molar-refractivity contribution in [2.45, 2.75) is 0 Å². The zero-order valence-electron chi connectivity index (χ0n) is 6.47. The van der Waals surface area contributed by atoms with Gasteiger partial charge in [-0.05, 0) is 15.9 Å². The van der Waals surface area contributed by atoms with Crippen LogP contribution in [0.3, 0.4) is 0 Å². The molecule has 1 aromatic heterocycles. The number of hydrogen-bond acceptors (Lipinski definition) is 3. The predicted molar refractivity (Wildman–Crippen MR) is 48.7 cm³/mol. The zero-order valence-corrected chi connectivity index (χ0v) is 8.81. The maximum atomic E-state index is 11.2. The van der Waals surface area contributed by atoms with Crippen molar-refractivity contribution in [3.63, 3.8) is 0 Å². The number of halogens is 2. The lowest BCUT2D eigenvalue weighted by Crippen LogP contribution is -2.21. The summed E-state index contributed by atoms with van der Waals surface area (Å²) in [7, 11) is 2.90. The van der Waals surface area contributed by atoms with E-state index in [1.807, 2.05) is 0 Å². The molecule has 0 aliphatic rings. The van der Waals surface area contributed by atoms with Crippen LogP contribution in [0.15, 0.2) is 9.40 Å². The molecule has 66 valence electrons. The van der Waals surface area contributed by atoms with Gasteiger partial charge in [-0.2, -0.15) is 5.10 Å². The molecular weight excluding hydrogens is 247 g/mol. The highest BCUT2D eigenvalue weighted by Gasteiger charge is 2.12. The molecule has 0 saturated carbocycles. The molecule has 1 aromatic rings. The van der Waals surface area contributed by atoms with E-state index in [-0.39, 0.29) is 16.3 Å². The summed E-state index contributed by atoms with van der Waals surface area (Å²) in [5, 5.41) is 3.99. The van der Waals surface area contributed by atoms with Crippen molar-refractivity contribution in [1.82, 2.24) is 9.78 Å². The summed E-state index contributed by atoms with van der Waals surface area (Å²) in [5.41, 5.74) is -0.356. The third-order valence-electron chi connectivity index (χ3n) is 1.31. The van der Waals surface area contributed by atoms with Crippen LogP contribution in [0, 0.1) is 0 Å². The first-order chi connectivity index (χ1) is 5.57. The van der Waals surface area contributed by atoms with Crippen molar-refractivity contribution in [3.8, 4) is 5.75 Å². The predicted octanol–water partition coefficient (Wildman–Crippen LogP) is 1.20. The molecule has 0 radical (unpaired) electrons. The number of rotatable bonds is 1. The minimum absolute atomic E-state index is 0.0982. The maximum absolute atomic E-state index is 11.2. The maximum Gasteiger partial charge on any atom is 0.310 e. The molecule has 0 unspecified atom stereocenters. The zero-order chi connectivity index (χ0) is 9.30. The van der Waals surface area contributed by atoms with Gasteiger partial charge in [-0.15, -0.1) is 0 Å². The van der Waals surface area contributed by atoms with Crippen LogP contribution < -0.4 is 10.3 Å². The SMILES string of the molecule is COc1c(Cl)c(Br)nn(C)c1=O. The molecule has 0 spiro atoms. The molecule has 0 fully saturated rings. The Bertz CT molecular complexity index is 363. The minimum atomic E-state index is -0.356. The van der Waals surface area contributed by atoms with E-state index in [2.05, 4.69) is 21.0 Å². The number of hydrogen-bond donors (Lipinski definition) is 0. The number of methoxy groups -OCH3 is 1. The molecule has 1 rings (SSSR count). The average molecular weight is 253 g/mol. The standard InChI is InChI=1S/C6H6BrClN2O2/c1-10-6(11)4(12-2)3(8)5(7)9-10/h1-2H3. The van der Waals surface area contributed by atoms with Crippen molar-refractivity contribution in [2.75, 3.05) is 7.11 Å². The quantitative estimate of drug-likeness (QED) is 0.755. The van der Waals surface area contributed by atoms with Gasteiger partial charge in [-0.3, -0.25) is 4.79 Å². The molecule has 1 heterocycles. The van der Waals surface area contributed by atoms with Crippen LogP contribution in [-0.4, -0.2) is 16.9 Å². The normalized spacial score (nSPS) is 10.0. The van der Waals surface area contributed by atoms with Gasteiger partial charge < -0.3 is 4.74 Å². The van der Waals surface area contributed by atoms with E-state index in [0.717, 1.165) is 4.68 Å². The van der Waals surface area contributed by atoms with Gasteiger partial charge in [0.25, 0.3) is 0 Å². The van der Waals surface area contributed by atoms with Crippen LogP contribution in [0.1, 0.15) is 0 Å². The van der Waals surface area contributed by atoms with E-state index in [9.17, 15) is 4.79 Å². The molecule has 0 aliphatic heterocycles. The van der Waals surface area contributed by atoms with E-state index in [0.29, 0.717) is 4.60 Å². The van der Waals surface area contributed by atoms with E-state index >= 15 is 0 Å². The summed E-state index contributed by atoms with van der Waals surface area (Å²) >= 11 is 8.81. The van der Waals surface area contributed by atoms with Crippen LogP contribution >= 0.6 is 27.5 Å². The molecule has 0 aliphatic carbocycles. The summed E-state index contributed by atoms with van der Waals surface area (Å²) in [6.07, 6.45) is 0. The lowest BCUT2D eigenvalue weighted by Gasteiger charge is -2.04. The van der Waals surface area contributed by atoms with Crippen LogP contribution in [-0.2, 0) is 7.05 Å². The molecule has 0 aromatic carbocycles. The van der Waals surface area contributed by atoms with E-state index in [1.165, 1.54) is 14.2 Å². The second-order valence-corrected chi connectivity index (χ2v) is 3.20. The lowest BCUT2D eigenvalue weighted by atomic mass is 10.5. The minimum Gasteiger partial charge on any atom is -0.490 e. The number of nitrogens with zero attached hydrogens (tertiary/aromatic N) is 2. The summed E-state index contributed by atoms with van der Waals surface area (Å²) in [6.45, 7) is 0. The molecule has 12 heavy (non-hydrogen) atoms. The topological polar surface area (TPSA) is 44.1 Å². The van der Waals surface area contributed by atoms with Crippen LogP contribution in [0.2, 0.25) is 5.02 Å². The van der Waals surface area contributed by atoms with E-state index < -0.39 is 0 Å². The first-order valence-corrected chi connectivity index (χ1v) is 4.21. The highest BCUT2D eigenvalue weighted by molar-refractivity contribution is 9.10. The van der Waals surface area contributed by atoms with Crippen molar-refractivity contribution in [1.29, 1.82) is 0 Å². The van der Waals surface area contributed by atoms with Crippen LogP contribution in [0.5, 0.6) is 5.75 Å². The molecule has 6 heteroatoms. The summed E-state index contributed by atoms with van der Waals surface area (Å²) in [4.78, 5) is 11.2. The summed E-state index contributed by atoms with van der Waals surface area (Å²) in [6, 6.07) is 0. The second-order valence-electron chi connectivity index (χ2n) is 2.07. The molecular formula is C6H6BrClN2O2. The number of ether oxygens (including phenoxy) is 1. The average Bonchev–Trinajstić information content (AvgIpc) is 2.02. The third-order valence-corrected chi connectivity index (χ3v) is 2.44. The highest BCUT2D eigenvalue weighted by atomic mass is 79.9. The number of aryl methyl sites for hydroxylation is 1. The largest absolute Gasteiger partial charge is 0.490 e. The Balaban J connectivity index is 3.53. The van der Waals surface area contributed by atoms with Gasteiger partial charge in [-0.25, -0.2) is 4.68 Å². The molecule has 0 N–H and O–H groups in total. The smallest absolute Gasteiger partial charge is 0.310 e.